The largest absolute Gasteiger partial charge is 0.481 e. The maximum absolute atomic E-state index is 13.2. The molecular weight excluding hydrogens is 394 g/mol. The molecule has 2 aromatic rings. The van der Waals surface area contributed by atoms with Crippen molar-refractivity contribution in [1.29, 1.82) is 0 Å². The quantitative estimate of drug-likeness (QED) is 0.677. The molecule has 4 rings (SSSR count). The van der Waals surface area contributed by atoms with Crippen LogP contribution in [-0.2, 0) is 17.6 Å². The minimum absolute atomic E-state index is 0.0265. The second-order valence-corrected chi connectivity index (χ2v) is 8.32. The molecule has 1 unspecified atom stereocenters. The zero-order valence-electron chi connectivity index (χ0n) is 17.8. The first-order valence-corrected chi connectivity index (χ1v) is 10.9. The van der Waals surface area contributed by atoms with Crippen molar-refractivity contribution < 1.29 is 14.7 Å². The lowest BCUT2D eigenvalue weighted by Crippen LogP contribution is -2.37. The third-order valence-corrected chi connectivity index (χ3v) is 6.08. The third kappa shape index (κ3) is 4.78. The zero-order valence-corrected chi connectivity index (χ0v) is 17.8. The number of rotatable bonds is 8. The standard InChI is InChI=1S/C23H29N5O3/c1-16-15-28(20(13-21(29)30)18-6-2-10-24-14-18)23(31)27(16)12-4-7-19-9-8-17-5-3-11-25-22(17)26-19/h2,6,8-10,14,16,20H,3-5,7,11-13,15H2,1H3,(H,25,26)(H,29,30)/t16?,20-/m1/s1. The number of aryl methyl sites for hydroxylation is 2. The van der Waals surface area contributed by atoms with E-state index < -0.39 is 12.0 Å². The molecule has 0 radical (unpaired) electrons. The summed E-state index contributed by atoms with van der Waals surface area (Å²) in [6, 6.07) is 7.24. The molecule has 0 bridgehead atoms. The molecule has 2 aromatic heterocycles. The predicted octanol–water partition coefficient (Wildman–Crippen LogP) is 3.11. The highest BCUT2D eigenvalue weighted by Crippen LogP contribution is 2.30. The highest BCUT2D eigenvalue weighted by molar-refractivity contribution is 5.79. The van der Waals surface area contributed by atoms with Gasteiger partial charge in [-0.15, -0.1) is 0 Å². The molecule has 31 heavy (non-hydrogen) atoms. The highest BCUT2D eigenvalue weighted by atomic mass is 16.4. The van der Waals surface area contributed by atoms with Gasteiger partial charge in [-0.25, -0.2) is 9.78 Å². The lowest BCUT2D eigenvalue weighted by atomic mass is 10.0. The number of hydrogen-bond acceptors (Lipinski definition) is 5. The number of carboxylic acid groups (broad SMARTS) is 1. The van der Waals surface area contributed by atoms with Gasteiger partial charge in [-0.1, -0.05) is 12.1 Å². The Balaban J connectivity index is 1.39. The maximum atomic E-state index is 13.2. The number of hydrogen-bond donors (Lipinski definition) is 2. The normalized spacial score (nSPS) is 19.1. The van der Waals surface area contributed by atoms with Crippen molar-refractivity contribution in [1.82, 2.24) is 19.8 Å². The molecule has 2 aliphatic heterocycles. The molecule has 2 N–H and O–H groups in total. The number of urea groups is 1. The summed E-state index contributed by atoms with van der Waals surface area (Å²) in [7, 11) is 0. The number of carboxylic acids is 1. The van der Waals surface area contributed by atoms with E-state index in [0.717, 1.165) is 49.3 Å². The molecule has 8 heteroatoms. The van der Waals surface area contributed by atoms with Crippen LogP contribution in [0.4, 0.5) is 10.6 Å². The van der Waals surface area contributed by atoms with Crippen LogP contribution in [0.25, 0.3) is 0 Å². The number of carbonyl (C=O) groups excluding carboxylic acids is 1. The van der Waals surface area contributed by atoms with Crippen LogP contribution in [-0.4, -0.2) is 62.6 Å². The molecule has 4 heterocycles. The Hall–Kier alpha value is -3.16. The van der Waals surface area contributed by atoms with Gasteiger partial charge in [0.15, 0.2) is 0 Å². The molecule has 0 aliphatic carbocycles. The van der Waals surface area contributed by atoms with Crippen LogP contribution in [0.2, 0.25) is 0 Å². The van der Waals surface area contributed by atoms with Gasteiger partial charge in [0, 0.05) is 43.8 Å². The van der Waals surface area contributed by atoms with E-state index >= 15 is 0 Å². The van der Waals surface area contributed by atoms with Crippen molar-refractivity contribution in [2.24, 2.45) is 0 Å². The summed E-state index contributed by atoms with van der Waals surface area (Å²) in [5.41, 5.74) is 3.05. The lowest BCUT2D eigenvalue weighted by Gasteiger charge is -2.27. The molecule has 0 aromatic carbocycles. The number of pyridine rings is 2. The van der Waals surface area contributed by atoms with E-state index in [1.54, 1.807) is 23.4 Å². The summed E-state index contributed by atoms with van der Waals surface area (Å²) >= 11 is 0. The van der Waals surface area contributed by atoms with E-state index in [1.165, 1.54) is 5.56 Å². The molecule has 2 atom stereocenters. The van der Waals surface area contributed by atoms with Crippen LogP contribution in [0.5, 0.6) is 0 Å². The van der Waals surface area contributed by atoms with Gasteiger partial charge >= 0.3 is 12.0 Å². The molecule has 2 aliphatic rings. The molecule has 1 saturated heterocycles. The first kappa shape index (κ1) is 21.1. The molecular formula is C23H29N5O3. The minimum atomic E-state index is -0.931. The number of fused-ring (bicyclic) bond motifs is 1. The highest BCUT2D eigenvalue weighted by Gasteiger charge is 2.39. The average molecular weight is 424 g/mol. The van der Waals surface area contributed by atoms with E-state index in [0.29, 0.717) is 13.1 Å². The maximum Gasteiger partial charge on any atom is 0.320 e. The number of aliphatic carboxylic acids is 1. The van der Waals surface area contributed by atoms with E-state index in [9.17, 15) is 14.7 Å². The summed E-state index contributed by atoms with van der Waals surface area (Å²) in [6.07, 6.45) is 6.97. The van der Waals surface area contributed by atoms with Crippen molar-refractivity contribution >= 4 is 17.8 Å². The van der Waals surface area contributed by atoms with Crippen molar-refractivity contribution in [2.75, 3.05) is 25.0 Å². The second kappa shape index (κ2) is 9.32. The SMILES string of the molecule is CC1CN([C@H](CC(=O)O)c2cccnc2)C(=O)N1CCCc1ccc2c(n1)NCCC2. The van der Waals surface area contributed by atoms with Gasteiger partial charge in [-0.2, -0.15) is 0 Å². The van der Waals surface area contributed by atoms with Crippen LogP contribution >= 0.6 is 0 Å². The van der Waals surface area contributed by atoms with E-state index in [2.05, 4.69) is 22.4 Å². The van der Waals surface area contributed by atoms with Crippen LogP contribution in [0.1, 0.15) is 49.0 Å². The topological polar surface area (TPSA) is 98.7 Å². The summed E-state index contributed by atoms with van der Waals surface area (Å²) in [5.74, 6) is 0.0633. The first-order chi connectivity index (χ1) is 15.0. The minimum Gasteiger partial charge on any atom is -0.481 e. The number of anilines is 1. The lowest BCUT2D eigenvalue weighted by molar-refractivity contribution is -0.138. The number of amides is 2. The number of nitrogens with one attached hydrogen (secondary N) is 1. The Morgan fingerprint density at radius 2 is 2.23 bits per heavy atom. The van der Waals surface area contributed by atoms with Gasteiger partial charge in [0.05, 0.1) is 12.5 Å². The smallest absolute Gasteiger partial charge is 0.320 e. The van der Waals surface area contributed by atoms with Gasteiger partial charge in [-0.05, 0) is 55.9 Å². The summed E-state index contributed by atoms with van der Waals surface area (Å²) in [4.78, 5) is 37.0. The van der Waals surface area contributed by atoms with Crippen molar-refractivity contribution in [2.45, 2.75) is 51.1 Å². The Morgan fingerprint density at radius 1 is 1.35 bits per heavy atom. The van der Waals surface area contributed by atoms with Gasteiger partial charge < -0.3 is 20.2 Å². The average Bonchev–Trinajstić information content (AvgIpc) is 3.06. The van der Waals surface area contributed by atoms with E-state index in [4.69, 9.17) is 4.98 Å². The Kier molecular flexibility index (Phi) is 6.34. The fourth-order valence-corrected chi connectivity index (χ4v) is 4.48. The van der Waals surface area contributed by atoms with Gasteiger partial charge in [0.25, 0.3) is 0 Å². The molecule has 0 spiro atoms. The Morgan fingerprint density at radius 3 is 3.00 bits per heavy atom. The molecule has 1 fully saturated rings. The summed E-state index contributed by atoms with van der Waals surface area (Å²) < 4.78 is 0. The molecule has 2 amide bonds. The number of nitrogens with zero attached hydrogens (tertiary/aromatic N) is 4. The summed E-state index contributed by atoms with van der Waals surface area (Å²) in [6.45, 7) is 4.11. The molecule has 164 valence electrons. The predicted molar refractivity (Wildman–Crippen MR) is 117 cm³/mol. The van der Waals surface area contributed by atoms with Crippen molar-refractivity contribution in [3.8, 4) is 0 Å². The fourth-order valence-electron chi connectivity index (χ4n) is 4.48. The van der Waals surface area contributed by atoms with Crippen molar-refractivity contribution in [3.63, 3.8) is 0 Å². The molecule has 0 saturated carbocycles. The van der Waals surface area contributed by atoms with Gasteiger partial charge in [-0.3, -0.25) is 9.78 Å². The number of aromatic nitrogens is 2. The Bertz CT molecular complexity index is 936. The monoisotopic (exact) mass is 423 g/mol. The Labute approximate surface area is 182 Å². The van der Waals surface area contributed by atoms with Crippen LogP contribution < -0.4 is 5.32 Å². The van der Waals surface area contributed by atoms with Crippen molar-refractivity contribution in [3.05, 3.63) is 53.5 Å². The van der Waals surface area contributed by atoms with Gasteiger partial charge in [0.2, 0.25) is 0 Å². The van der Waals surface area contributed by atoms with Crippen LogP contribution in [0, 0.1) is 0 Å². The zero-order chi connectivity index (χ0) is 21.8. The molecule has 8 nitrogen and oxygen atoms in total. The second-order valence-electron chi connectivity index (χ2n) is 8.32. The fraction of sp³-hybridized carbons (Fsp3) is 0.478. The van der Waals surface area contributed by atoms with Crippen LogP contribution in [0.15, 0.2) is 36.7 Å². The van der Waals surface area contributed by atoms with E-state index in [1.807, 2.05) is 17.9 Å². The van der Waals surface area contributed by atoms with E-state index in [-0.39, 0.29) is 18.5 Å². The summed E-state index contributed by atoms with van der Waals surface area (Å²) in [5, 5.41) is 12.8. The number of carbonyl (C=O) groups is 2. The first-order valence-electron chi connectivity index (χ1n) is 10.9. The third-order valence-electron chi connectivity index (χ3n) is 6.08. The van der Waals surface area contributed by atoms with Gasteiger partial charge in [0.1, 0.15) is 5.82 Å². The van der Waals surface area contributed by atoms with Crippen LogP contribution in [0.3, 0.4) is 0 Å².